The quantitative estimate of drug-likeness (QED) is 0.380. The highest BCUT2D eigenvalue weighted by Gasteiger charge is 2.36. The van der Waals surface area contributed by atoms with Crippen molar-refractivity contribution < 1.29 is 17.7 Å². The van der Waals surface area contributed by atoms with Crippen molar-refractivity contribution in [3.8, 4) is 0 Å². The van der Waals surface area contributed by atoms with Crippen LogP contribution in [0.15, 0.2) is 52.4 Å². The minimum absolute atomic E-state index is 0.0948. The lowest BCUT2D eigenvalue weighted by molar-refractivity contribution is -0.106. The van der Waals surface area contributed by atoms with E-state index in [2.05, 4.69) is 4.99 Å². The van der Waals surface area contributed by atoms with Gasteiger partial charge < -0.3 is 9.45 Å². The maximum atomic E-state index is 12.5. The molecule has 0 N–H and O–H groups in total. The van der Waals surface area contributed by atoms with Gasteiger partial charge in [-0.05, 0) is 17.2 Å². The molecule has 2 aromatic rings. The van der Waals surface area contributed by atoms with Crippen LogP contribution >= 0.6 is 23.2 Å². The molecular weight excluding hydrogens is 408 g/mol. The van der Waals surface area contributed by atoms with Crippen molar-refractivity contribution in [2.75, 3.05) is 19.8 Å². The molecule has 1 atom stereocenters. The van der Waals surface area contributed by atoms with E-state index in [1.165, 1.54) is 12.1 Å². The van der Waals surface area contributed by atoms with E-state index in [0.717, 1.165) is 5.56 Å². The van der Waals surface area contributed by atoms with Gasteiger partial charge in [-0.2, -0.15) is 13.2 Å². The number of halogens is 5. The highest BCUT2D eigenvalue weighted by Crippen LogP contribution is 2.36. The molecule has 0 radical (unpaired) electrons. The molecule has 0 amide bonds. The molecule has 0 aromatic heterocycles. The molecule has 0 bridgehead atoms. The van der Waals surface area contributed by atoms with Crippen molar-refractivity contribution in [3.63, 3.8) is 0 Å². The molecule has 0 spiro atoms. The Labute approximate surface area is 162 Å². The molecule has 3 nitrogen and oxygen atoms in total. The van der Waals surface area contributed by atoms with Crippen LogP contribution < -0.4 is 0 Å². The Morgan fingerprint density at radius 2 is 1.73 bits per heavy atom. The first-order valence-electron chi connectivity index (χ1n) is 7.34. The molecule has 140 valence electrons. The van der Waals surface area contributed by atoms with Gasteiger partial charge in [0, 0.05) is 25.7 Å². The topological polar surface area (TPSA) is 38.7 Å². The van der Waals surface area contributed by atoms with Gasteiger partial charge in [-0.3, -0.25) is 0 Å². The van der Waals surface area contributed by atoms with Gasteiger partial charge in [0.1, 0.15) is 5.84 Å². The first-order chi connectivity index (χ1) is 12.1. The third-order valence-corrected chi connectivity index (χ3v) is 5.37. The number of hydrogen-bond acceptors (Lipinski definition) is 2. The second-order valence-electron chi connectivity index (χ2n) is 5.53. The molecule has 0 saturated heterocycles. The van der Waals surface area contributed by atoms with Crippen molar-refractivity contribution in [2.24, 2.45) is 4.99 Å². The van der Waals surface area contributed by atoms with Gasteiger partial charge >= 0.3 is 6.18 Å². The Bertz CT molecular complexity index is 799. The van der Waals surface area contributed by atoms with E-state index in [0.29, 0.717) is 5.84 Å². The summed E-state index contributed by atoms with van der Waals surface area (Å²) in [6.07, 6.45) is -4.57. The largest absolute Gasteiger partial charge is 0.611 e. The molecule has 1 unspecified atom stereocenters. The standard InChI is InChI=1S/C17H15Cl2F3N2OS/c1-24(2)16(11-6-4-3-5-7-11)23-14-9-15(13(19)8-12(14)18)26(25)10-17(20,21)22/h3-9H,10H2,1-2H3/b23-16-. The number of aliphatic imine (C=N–C) groups is 1. The van der Waals surface area contributed by atoms with E-state index in [1.54, 1.807) is 19.0 Å². The fraction of sp³-hybridized carbons (Fsp3) is 0.235. The Balaban J connectivity index is 2.50. The highest BCUT2D eigenvalue weighted by atomic mass is 35.5. The summed E-state index contributed by atoms with van der Waals surface area (Å²) in [6.45, 7) is 0. The average molecular weight is 423 g/mol. The van der Waals surface area contributed by atoms with Crippen molar-refractivity contribution in [2.45, 2.75) is 11.1 Å². The second-order valence-corrected chi connectivity index (χ2v) is 7.77. The summed E-state index contributed by atoms with van der Waals surface area (Å²) in [6, 6.07) is 11.7. The predicted molar refractivity (Wildman–Crippen MR) is 100 cm³/mol. The lowest BCUT2D eigenvalue weighted by Gasteiger charge is -2.17. The molecule has 2 aromatic carbocycles. The molecule has 0 fully saturated rings. The van der Waals surface area contributed by atoms with Gasteiger partial charge in [0.15, 0.2) is 4.90 Å². The van der Waals surface area contributed by atoms with E-state index in [9.17, 15) is 17.7 Å². The fourth-order valence-corrected chi connectivity index (χ4v) is 3.78. The maximum absolute atomic E-state index is 12.5. The van der Waals surface area contributed by atoms with Crippen LogP contribution in [0.25, 0.3) is 0 Å². The summed E-state index contributed by atoms with van der Waals surface area (Å²) in [7, 11) is 3.55. The van der Waals surface area contributed by atoms with Crippen LogP contribution in [-0.2, 0) is 11.2 Å². The zero-order valence-electron chi connectivity index (χ0n) is 13.8. The Kier molecular flexibility index (Phi) is 6.85. The Hall–Kier alpha value is -1.41. The summed E-state index contributed by atoms with van der Waals surface area (Å²) < 4.78 is 49.7. The maximum Gasteiger partial charge on any atom is 0.433 e. The van der Waals surface area contributed by atoms with Crippen LogP contribution in [0.5, 0.6) is 0 Å². The van der Waals surface area contributed by atoms with Crippen molar-refractivity contribution in [1.82, 2.24) is 4.90 Å². The normalized spacial score (nSPS) is 13.6. The molecule has 0 heterocycles. The number of alkyl halides is 3. The zero-order valence-corrected chi connectivity index (χ0v) is 16.2. The van der Waals surface area contributed by atoms with Crippen LogP contribution in [0.3, 0.4) is 0 Å². The second kappa shape index (κ2) is 8.52. The predicted octanol–water partition coefficient (Wildman–Crippen LogP) is 5.30. The van der Waals surface area contributed by atoms with Gasteiger partial charge in [0.25, 0.3) is 0 Å². The van der Waals surface area contributed by atoms with E-state index in [4.69, 9.17) is 23.2 Å². The van der Waals surface area contributed by atoms with Crippen molar-refractivity contribution in [1.29, 1.82) is 0 Å². The van der Waals surface area contributed by atoms with Gasteiger partial charge in [0.2, 0.25) is 5.75 Å². The third-order valence-electron chi connectivity index (χ3n) is 3.22. The molecule has 0 aliphatic heterocycles. The minimum atomic E-state index is -4.57. The summed E-state index contributed by atoms with van der Waals surface area (Å²) in [5, 5.41) is 0.0562. The number of benzene rings is 2. The van der Waals surface area contributed by atoms with Crippen LogP contribution in [0, 0.1) is 0 Å². The lowest BCUT2D eigenvalue weighted by atomic mass is 10.2. The molecule has 2 rings (SSSR count). The van der Waals surface area contributed by atoms with E-state index >= 15 is 0 Å². The number of nitrogens with zero attached hydrogens (tertiary/aromatic N) is 2. The number of rotatable bonds is 4. The van der Waals surface area contributed by atoms with Crippen molar-refractivity contribution in [3.05, 3.63) is 58.1 Å². The van der Waals surface area contributed by atoms with Crippen LogP contribution in [0.2, 0.25) is 10.0 Å². The van der Waals surface area contributed by atoms with Crippen LogP contribution in [0.4, 0.5) is 18.9 Å². The van der Waals surface area contributed by atoms with E-state index in [1.807, 2.05) is 30.3 Å². The molecule has 0 saturated carbocycles. The summed E-state index contributed by atoms with van der Waals surface area (Å²) in [4.78, 5) is 6.03. The highest BCUT2D eigenvalue weighted by molar-refractivity contribution is 7.91. The van der Waals surface area contributed by atoms with Gasteiger partial charge in [-0.25, -0.2) is 4.99 Å². The number of hydrogen-bond donors (Lipinski definition) is 0. The minimum Gasteiger partial charge on any atom is -0.611 e. The van der Waals surface area contributed by atoms with Gasteiger partial charge in [0.05, 0.1) is 15.7 Å². The van der Waals surface area contributed by atoms with Crippen molar-refractivity contribution >= 4 is 45.9 Å². The van der Waals surface area contributed by atoms with Gasteiger partial charge in [-0.15, -0.1) is 0 Å². The molecular formula is C17H15Cl2F3N2OS. The summed E-state index contributed by atoms with van der Waals surface area (Å²) in [5.74, 6) is -0.945. The molecule has 0 aliphatic carbocycles. The SMILES string of the molecule is CN(C)/C(=N\c1cc([S+]([O-])CC(F)(F)F)c(Cl)cc1Cl)c1ccccc1. The average Bonchev–Trinajstić information content (AvgIpc) is 2.52. The summed E-state index contributed by atoms with van der Waals surface area (Å²) >= 11 is 9.73. The first-order valence-corrected chi connectivity index (χ1v) is 9.41. The van der Waals surface area contributed by atoms with E-state index in [-0.39, 0.29) is 20.6 Å². The monoisotopic (exact) mass is 422 g/mol. The first kappa shape index (κ1) is 20.9. The van der Waals surface area contributed by atoms with Gasteiger partial charge in [-0.1, -0.05) is 53.5 Å². The Morgan fingerprint density at radius 3 is 2.27 bits per heavy atom. The molecule has 26 heavy (non-hydrogen) atoms. The smallest absolute Gasteiger partial charge is 0.433 e. The van der Waals surface area contributed by atoms with Crippen LogP contribution in [-0.4, -0.2) is 41.3 Å². The van der Waals surface area contributed by atoms with Crippen LogP contribution in [0.1, 0.15) is 5.56 Å². The molecule has 9 heteroatoms. The molecule has 0 aliphatic rings. The van der Waals surface area contributed by atoms with E-state index < -0.39 is 23.1 Å². The lowest BCUT2D eigenvalue weighted by Crippen LogP contribution is -2.23. The zero-order chi connectivity index (χ0) is 19.5. The number of amidine groups is 1. The Morgan fingerprint density at radius 1 is 1.12 bits per heavy atom. The third kappa shape index (κ3) is 5.54. The summed E-state index contributed by atoms with van der Waals surface area (Å²) in [5.41, 5.74) is 0.982. The fourth-order valence-electron chi connectivity index (χ4n) is 2.13.